The Morgan fingerprint density at radius 1 is 0.970 bits per heavy atom. The van der Waals surface area contributed by atoms with E-state index in [2.05, 4.69) is 10.6 Å². The molecule has 0 aliphatic carbocycles. The molecule has 0 saturated carbocycles. The molecule has 0 aliphatic heterocycles. The Morgan fingerprint density at radius 2 is 1.61 bits per heavy atom. The molecule has 2 rings (SSSR count). The van der Waals surface area contributed by atoms with Crippen molar-refractivity contribution in [2.75, 3.05) is 25.0 Å². The summed E-state index contributed by atoms with van der Waals surface area (Å²) in [5.41, 5.74) is 1.59. The molecule has 0 unspecified atom stereocenters. The highest BCUT2D eigenvalue weighted by atomic mass is 32.2. The van der Waals surface area contributed by atoms with Crippen LogP contribution in [0.25, 0.3) is 0 Å². The minimum atomic E-state index is -3.54. The molecule has 0 radical (unpaired) electrons. The summed E-state index contributed by atoms with van der Waals surface area (Å²) in [5.74, 6) is -0.877. The van der Waals surface area contributed by atoms with Crippen LogP contribution in [-0.2, 0) is 30.8 Å². The Morgan fingerprint density at radius 3 is 2.21 bits per heavy atom. The predicted molar refractivity (Wildman–Crippen MR) is 131 cm³/mol. The quantitative estimate of drug-likeness (QED) is 0.368. The molecule has 178 valence electrons. The van der Waals surface area contributed by atoms with Crippen molar-refractivity contribution in [2.45, 2.75) is 38.0 Å². The van der Waals surface area contributed by atoms with Gasteiger partial charge < -0.3 is 15.4 Å². The molecule has 0 aliphatic rings. The Labute approximate surface area is 200 Å². The van der Waals surface area contributed by atoms with E-state index in [4.69, 9.17) is 17.0 Å². The zero-order chi connectivity index (χ0) is 24.3. The molecule has 8 nitrogen and oxygen atoms in total. The first kappa shape index (κ1) is 26.4. The normalized spacial score (nSPS) is 11.1. The van der Waals surface area contributed by atoms with Crippen molar-refractivity contribution < 1.29 is 22.7 Å². The summed E-state index contributed by atoms with van der Waals surface area (Å²) in [6.45, 7) is 4.58. The topological polar surface area (TPSA) is 105 Å². The van der Waals surface area contributed by atoms with Crippen LogP contribution in [-0.4, -0.2) is 49.4 Å². The number of hydrogen-bond acceptors (Lipinski definition) is 6. The van der Waals surface area contributed by atoms with E-state index in [1.54, 1.807) is 26.0 Å². The first-order valence-corrected chi connectivity index (χ1v) is 12.5. The van der Waals surface area contributed by atoms with Crippen molar-refractivity contribution in [3.05, 3.63) is 60.2 Å². The highest BCUT2D eigenvalue weighted by Crippen LogP contribution is 2.18. The first-order chi connectivity index (χ1) is 15.8. The van der Waals surface area contributed by atoms with Gasteiger partial charge >= 0.3 is 5.97 Å². The fraction of sp³-hybridized carbons (Fsp3) is 0.348. The summed E-state index contributed by atoms with van der Waals surface area (Å²) in [4.78, 5) is 24.0. The zero-order valence-corrected chi connectivity index (χ0v) is 20.4. The van der Waals surface area contributed by atoms with E-state index in [1.165, 1.54) is 16.4 Å². The molecular formula is C23H29N3O5S2. The third-order valence-electron chi connectivity index (χ3n) is 4.76. The number of carbonyl (C=O) groups excluding carboxylic acids is 2. The van der Waals surface area contributed by atoms with Gasteiger partial charge in [0.15, 0.2) is 5.11 Å². The number of thiocarbonyl (C=S) groups is 1. The van der Waals surface area contributed by atoms with Crippen LogP contribution in [0.1, 0.15) is 32.3 Å². The largest absolute Gasteiger partial charge is 0.465 e. The number of amides is 1. The van der Waals surface area contributed by atoms with Crippen molar-refractivity contribution in [3.8, 4) is 0 Å². The second-order valence-corrected chi connectivity index (χ2v) is 9.42. The Hall–Kier alpha value is -2.82. The molecule has 0 fully saturated rings. The number of hydrogen-bond donors (Lipinski definition) is 2. The molecule has 10 heteroatoms. The second-order valence-electron chi connectivity index (χ2n) is 7.07. The maximum absolute atomic E-state index is 12.5. The number of sulfonamides is 1. The molecule has 0 atom stereocenters. The molecule has 2 aromatic rings. The van der Waals surface area contributed by atoms with Crippen LogP contribution >= 0.6 is 12.2 Å². The number of ether oxygens (including phenoxy) is 1. The summed E-state index contributed by atoms with van der Waals surface area (Å²) < 4.78 is 31.6. The van der Waals surface area contributed by atoms with Gasteiger partial charge in [-0.15, -0.1) is 0 Å². The fourth-order valence-corrected chi connectivity index (χ4v) is 4.68. The van der Waals surface area contributed by atoms with E-state index in [1.807, 2.05) is 30.3 Å². The van der Waals surface area contributed by atoms with Crippen molar-refractivity contribution in [1.82, 2.24) is 9.62 Å². The van der Waals surface area contributed by atoms with E-state index >= 15 is 0 Å². The molecule has 0 aromatic heterocycles. The van der Waals surface area contributed by atoms with Gasteiger partial charge in [-0.2, -0.15) is 4.31 Å². The number of carbonyl (C=O) groups is 2. The van der Waals surface area contributed by atoms with E-state index in [0.717, 1.165) is 5.56 Å². The van der Waals surface area contributed by atoms with Gasteiger partial charge in [0.05, 0.1) is 17.9 Å². The maximum atomic E-state index is 12.5. The van der Waals surface area contributed by atoms with Gasteiger partial charge in [-0.1, -0.05) is 44.2 Å². The van der Waals surface area contributed by atoms with Crippen LogP contribution in [0.3, 0.4) is 0 Å². The lowest BCUT2D eigenvalue weighted by atomic mass is 10.2. The molecule has 0 saturated heterocycles. The van der Waals surface area contributed by atoms with Gasteiger partial charge in [0.1, 0.15) is 0 Å². The smallest absolute Gasteiger partial charge is 0.306 e. The minimum Gasteiger partial charge on any atom is -0.465 e. The molecular weight excluding hydrogens is 462 g/mol. The standard InChI is InChI=1S/C23H29N3O5S2/c1-3-26(4-2)33(29,30)20-12-10-19(11-13-20)24-23(32)25-21(27)14-15-22(28)31-17-16-18-8-6-5-7-9-18/h5-13H,3-4,14-17H2,1-2H3,(H2,24,25,27,32). The van der Waals surface area contributed by atoms with Crippen LogP contribution in [0.4, 0.5) is 5.69 Å². The van der Waals surface area contributed by atoms with Gasteiger partial charge in [0.2, 0.25) is 15.9 Å². The molecule has 0 bridgehead atoms. The lowest BCUT2D eigenvalue weighted by Gasteiger charge is -2.18. The predicted octanol–water partition coefficient (Wildman–Crippen LogP) is 3.10. The fourth-order valence-electron chi connectivity index (χ4n) is 2.99. The monoisotopic (exact) mass is 491 g/mol. The summed E-state index contributed by atoms with van der Waals surface area (Å²) in [6, 6.07) is 15.7. The van der Waals surface area contributed by atoms with E-state index < -0.39 is 21.9 Å². The van der Waals surface area contributed by atoms with E-state index in [0.29, 0.717) is 25.2 Å². The number of anilines is 1. The van der Waals surface area contributed by atoms with Crippen molar-refractivity contribution in [3.63, 3.8) is 0 Å². The van der Waals surface area contributed by atoms with E-state index in [-0.39, 0.29) is 29.5 Å². The Kier molecular flexibility index (Phi) is 10.4. The van der Waals surface area contributed by atoms with Crippen LogP contribution in [0, 0.1) is 0 Å². The number of benzene rings is 2. The molecule has 0 spiro atoms. The molecule has 33 heavy (non-hydrogen) atoms. The Balaban J connectivity index is 1.74. The van der Waals surface area contributed by atoms with Gasteiger partial charge in [0, 0.05) is 31.6 Å². The zero-order valence-electron chi connectivity index (χ0n) is 18.7. The number of rotatable bonds is 11. The number of esters is 1. The lowest BCUT2D eigenvalue weighted by molar-refractivity contribution is -0.144. The van der Waals surface area contributed by atoms with Gasteiger partial charge in [-0.05, 0) is 42.0 Å². The van der Waals surface area contributed by atoms with Crippen LogP contribution in [0.2, 0.25) is 0 Å². The third kappa shape index (κ3) is 8.56. The van der Waals surface area contributed by atoms with Crippen molar-refractivity contribution in [2.24, 2.45) is 0 Å². The third-order valence-corrected chi connectivity index (χ3v) is 7.03. The summed E-state index contributed by atoms with van der Waals surface area (Å²) >= 11 is 5.12. The van der Waals surface area contributed by atoms with Gasteiger partial charge in [0.25, 0.3) is 0 Å². The van der Waals surface area contributed by atoms with Gasteiger partial charge in [-0.25, -0.2) is 8.42 Å². The van der Waals surface area contributed by atoms with Gasteiger partial charge in [-0.3, -0.25) is 9.59 Å². The molecule has 2 aromatic carbocycles. The van der Waals surface area contributed by atoms with Crippen LogP contribution in [0.15, 0.2) is 59.5 Å². The number of nitrogens with zero attached hydrogens (tertiary/aromatic N) is 1. The summed E-state index contributed by atoms with van der Waals surface area (Å²) in [5, 5.41) is 5.37. The Bertz CT molecular complexity index is 1040. The lowest BCUT2D eigenvalue weighted by Crippen LogP contribution is -2.34. The maximum Gasteiger partial charge on any atom is 0.306 e. The SMILES string of the molecule is CCN(CC)S(=O)(=O)c1ccc(NC(=S)NC(=O)CCC(=O)OCCc2ccccc2)cc1. The molecule has 2 N–H and O–H groups in total. The average molecular weight is 492 g/mol. The summed E-state index contributed by atoms with van der Waals surface area (Å²) in [6.07, 6.45) is 0.496. The van der Waals surface area contributed by atoms with Crippen LogP contribution in [0.5, 0.6) is 0 Å². The summed E-state index contributed by atoms with van der Waals surface area (Å²) in [7, 11) is -3.54. The first-order valence-electron chi connectivity index (χ1n) is 10.7. The van der Waals surface area contributed by atoms with E-state index in [9.17, 15) is 18.0 Å². The van der Waals surface area contributed by atoms with Crippen molar-refractivity contribution >= 4 is 44.9 Å². The average Bonchev–Trinajstić information content (AvgIpc) is 2.79. The highest BCUT2D eigenvalue weighted by molar-refractivity contribution is 7.89. The molecule has 1 amide bonds. The second kappa shape index (κ2) is 13.0. The minimum absolute atomic E-state index is 0.0526. The highest BCUT2D eigenvalue weighted by Gasteiger charge is 2.21. The van der Waals surface area contributed by atoms with Crippen molar-refractivity contribution in [1.29, 1.82) is 0 Å². The number of nitrogens with one attached hydrogen (secondary N) is 2. The van der Waals surface area contributed by atoms with Crippen LogP contribution < -0.4 is 10.6 Å². The molecule has 0 heterocycles.